The monoisotopic (exact) mass is 242 g/mol. The van der Waals surface area contributed by atoms with Crippen molar-refractivity contribution in [2.45, 2.75) is 13.3 Å². The van der Waals surface area contributed by atoms with Crippen LogP contribution in [0, 0.1) is 12.3 Å². The lowest BCUT2D eigenvalue weighted by Crippen LogP contribution is -2.32. The summed E-state index contributed by atoms with van der Waals surface area (Å²) >= 11 is 0. The minimum absolute atomic E-state index is 0.0993. The van der Waals surface area contributed by atoms with E-state index in [1.54, 1.807) is 34.2 Å². The lowest BCUT2D eigenvalue weighted by Gasteiger charge is -2.18. The molecule has 18 heavy (non-hydrogen) atoms. The van der Waals surface area contributed by atoms with Gasteiger partial charge in [0.2, 0.25) is 0 Å². The normalized spacial score (nSPS) is 10.2. The summed E-state index contributed by atoms with van der Waals surface area (Å²) in [7, 11) is 0. The molecule has 0 spiro atoms. The maximum Gasteiger partial charge on any atom is 0.258 e. The Morgan fingerprint density at radius 2 is 2.39 bits per heavy atom. The highest BCUT2D eigenvalue weighted by atomic mass is 16.2. The van der Waals surface area contributed by atoms with Crippen LogP contribution in [0.1, 0.15) is 23.7 Å². The van der Waals surface area contributed by atoms with Gasteiger partial charge in [-0.15, -0.1) is 6.42 Å². The topological polar surface area (TPSA) is 50.5 Å². The van der Waals surface area contributed by atoms with E-state index in [4.69, 9.17) is 6.42 Å². The third-order valence-electron chi connectivity index (χ3n) is 2.62. The first kappa shape index (κ1) is 12.1. The quantitative estimate of drug-likeness (QED) is 0.757. The van der Waals surface area contributed by atoms with E-state index in [1.807, 2.05) is 6.92 Å². The molecule has 5 nitrogen and oxygen atoms in total. The number of amides is 1. The molecule has 5 heteroatoms. The van der Waals surface area contributed by atoms with Crippen LogP contribution in [0.5, 0.6) is 0 Å². The van der Waals surface area contributed by atoms with Crippen molar-refractivity contribution in [2.75, 3.05) is 13.1 Å². The minimum atomic E-state index is -0.0993. The fraction of sp³-hybridized carbons (Fsp3) is 0.308. The summed E-state index contributed by atoms with van der Waals surface area (Å²) in [4.78, 5) is 18.0. The molecule has 0 aliphatic heterocycles. The lowest BCUT2D eigenvalue weighted by molar-refractivity contribution is 0.0779. The van der Waals surface area contributed by atoms with Crippen molar-refractivity contribution in [1.29, 1.82) is 0 Å². The van der Waals surface area contributed by atoms with Crippen molar-refractivity contribution in [3.63, 3.8) is 0 Å². The predicted octanol–water partition coefficient (Wildman–Crippen LogP) is 1.21. The second kappa shape index (κ2) is 5.32. The van der Waals surface area contributed by atoms with Crippen LogP contribution in [0.25, 0.3) is 5.52 Å². The molecule has 92 valence electrons. The Labute approximate surface area is 105 Å². The highest BCUT2D eigenvalue weighted by Crippen LogP contribution is 2.12. The molecule has 1 amide bonds. The van der Waals surface area contributed by atoms with Gasteiger partial charge in [0, 0.05) is 18.9 Å². The van der Waals surface area contributed by atoms with Crippen LogP contribution in [0.2, 0.25) is 0 Å². The van der Waals surface area contributed by atoms with E-state index in [0.717, 1.165) is 6.42 Å². The van der Waals surface area contributed by atoms with Crippen LogP contribution in [0.4, 0.5) is 0 Å². The third-order valence-corrected chi connectivity index (χ3v) is 2.62. The Kier molecular flexibility index (Phi) is 3.58. The van der Waals surface area contributed by atoms with E-state index >= 15 is 0 Å². The number of terminal acetylenes is 1. The number of carbonyl (C=O) groups is 1. The van der Waals surface area contributed by atoms with Gasteiger partial charge in [-0.25, -0.2) is 4.52 Å². The second-order valence-electron chi connectivity index (χ2n) is 3.90. The first-order valence-electron chi connectivity index (χ1n) is 5.78. The zero-order valence-corrected chi connectivity index (χ0v) is 10.2. The van der Waals surface area contributed by atoms with Gasteiger partial charge in [-0.2, -0.15) is 5.10 Å². The highest BCUT2D eigenvalue weighted by Gasteiger charge is 2.18. The summed E-state index contributed by atoms with van der Waals surface area (Å²) in [6, 6.07) is 0. The van der Waals surface area contributed by atoms with Crippen molar-refractivity contribution in [3.05, 3.63) is 30.4 Å². The maximum atomic E-state index is 12.3. The smallest absolute Gasteiger partial charge is 0.258 e. The fourth-order valence-corrected chi connectivity index (χ4v) is 1.80. The number of rotatable bonds is 4. The fourth-order valence-electron chi connectivity index (χ4n) is 1.80. The van der Waals surface area contributed by atoms with Gasteiger partial charge in [0.1, 0.15) is 0 Å². The van der Waals surface area contributed by atoms with E-state index < -0.39 is 0 Å². The number of fused-ring (bicyclic) bond motifs is 1. The largest absolute Gasteiger partial charge is 0.327 e. The SMILES string of the molecule is C#CCN(CCC)C(=O)c1cnn2ccncc12. The van der Waals surface area contributed by atoms with E-state index in [-0.39, 0.29) is 5.91 Å². The van der Waals surface area contributed by atoms with Crippen molar-refractivity contribution in [2.24, 2.45) is 0 Å². The molecule has 0 aliphatic carbocycles. The molecule has 2 rings (SSSR count). The third kappa shape index (κ3) is 2.18. The summed E-state index contributed by atoms with van der Waals surface area (Å²) in [5.74, 6) is 2.41. The molecular weight excluding hydrogens is 228 g/mol. The van der Waals surface area contributed by atoms with E-state index in [1.165, 1.54) is 0 Å². The predicted molar refractivity (Wildman–Crippen MR) is 68.0 cm³/mol. The van der Waals surface area contributed by atoms with E-state index in [0.29, 0.717) is 24.2 Å². The zero-order chi connectivity index (χ0) is 13.0. The standard InChI is InChI=1S/C13H14N4O/c1-3-6-16(7-4-2)13(18)11-9-15-17-8-5-14-10-12(11)17/h1,5,8-10H,4,6-7H2,2H3. The van der Waals surface area contributed by atoms with Gasteiger partial charge >= 0.3 is 0 Å². The molecule has 0 atom stereocenters. The highest BCUT2D eigenvalue weighted by molar-refractivity contribution is 6.00. The van der Waals surface area contributed by atoms with Crippen molar-refractivity contribution in [1.82, 2.24) is 19.5 Å². The van der Waals surface area contributed by atoms with Crippen LogP contribution in [0.15, 0.2) is 24.8 Å². The Bertz CT molecular complexity index is 596. The van der Waals surface area contributed by atoms with E-state index in [9.17, 15) is 4.79 Å². The van der Waals surface area contributed by atoms with Crippen LogP contribution in [-0.4, -0.2) is 38.5 Å². The number of nitrogens with zero attached hydrogens (tertiary/aromatic N) is 4. The van der Waals surface area contributed by atoms with Gasteiger partial charge in [-0.1, -0.05) is 12.8 Å². The molecule has 0 fully saturated rings. The average molecular weight is 242 g/mol. The molecule has 2 heterocycles. The first-order valence-corrected chi connectivity index (χ1v) is 5.78. The Morgan fingerprint density at radius 1 is 1.56 bits per heavy atom. The summed E-state index contributed by atoms with van der Waals surface area (Å²) in [6.07, 6.45) is 12.7. The van der Waals surface area contributed by atoms with Gasteiger partial charge in [0.25, 0.3) is 5.91 Å². The van der Waals surface area contributed by atoms with Crippen LogP contribution in [0.3, 0.4) is 0 Å². The van der Waals surface area contributed by atoms with Gasteiger partial charge in [-0.3, -0.25) is 9.78 Å². The van der Waals surface area contributed by atoms with Crippen molar-refractivity contribution in [3.8, 4) is 12.3 Å². The molecule has 0 radical (unpaired) electrons. The van der Waals surface area contributed by atoms with Gasteiger partial charge in [0.05, 0.1) is 30.0 Å². The molecule has 0 aliphatic rings. The molecule has 2 aromatic rings. The maximum absolute atomic E-state index is 12.3. The molecule has 2 aromatic heterocycles. The summed E-state index contributed by atoms with van der Waals surface area (Å²) in [5, 5.41) is 4.12. The lowest BCUT2D eigenvalue weighted by atomic mass is 10.2. The summed E-state index contributed by atoms with van der Waals surface area (Å²) < 4.78 is 1.63. The Hall–Kier alpha value is -2.35. The van der Waals surface area contributed by atoms with Crippen LogP contribution >= 0.6 is 0 Å². The molecule has 0 N–H and O–H groups in total. The van der Waals surface area contributed by atoms with Crippen molar-refractivity contribution < 1.29 is 4.79 Å². The van der Waals surface area contributed by atoms with E-state index in [2.05, 4.69) is 16.0 Å². The number of hydrogen-bond donors (Lipinski definition) is 0. The van der Waals surface area contributed by atoms with Crippen LogP contribution < -0.4 is 0 Å². The van der Waals surface area contributed by atoms with Crippen LogP contribution in [-0.2, 0) is 0 Å². The molecule has 0 unspecified atom stereocenters. The molecular formula is C13H14N4O. The van der Waals surface area contributed by atoms with Gasteiger partial charge < -0.3 is 4.90 Å². The summed E-state index contributed by atoms with van der Waals surface area (Å²) in [6.45, 7) is 2.96. The molecule has 0 bridgehead atoms. The van der Waals surface area contributed by atoms with Crippen molar-refractivity contribution >= 4 is 11.4 Å². The summed E-state index contributed by atoms with van der Waals surface area (Å²) in [5.41, 5.74) is 1.23. The first-order chi connectivity index (χ1) is 8.77. The molecule has 0 aromatic carbocycles. The number of aromatic nitrogens is 3. The van der Waals surface area contributed by atoms with Gasteiger partial charge in [0.15, 0.2) is 0 Å². The minimum Gasteiger partial charge on any atom is -0.327 e. The number of carbonyl (C=O) groups excluding carboxylic acids is 1. The average Bonchev–Trinajstić information content (AvgIpc) is 2.81. The van der Waals surface area contributed by atoms with Gasteiger partial charge in [-0.05, 0) is 6.42 Å². The molecule has 0 saturated carbocycles. The second-order valence-corrected chi connectivity index (χ2v) is 3.90. The molecule has 0 saturated heterocycles. The Balaban J connectivity index is 2.35. The Morgan fingerprint density at radius 3 is 3.11 bits per heavy atom. The number of hydrogen-bond acceptors (Lipinski definition) is 3. The zero-order valence-electron chi connectivity index (χ0n) is 10.2.